The second-order valence-corrected chi connectivity index (χ2v) is 4.36. The van der Waals surface area contributed by atoms with Crippen LogP contribution in [-0.2, 0) is 22.5 Å². The fourth-order valence-corrected chi connectivity index (χ4v) is 2.20. The molecular weight excluding hydrogens is 239 g/mol. The van der Waals surface area contributed by atoms with Crippen LogP contribution >= 0.6 is 0 Å². The van der Waals surface area contributed by atoms with Crippen LogP contribution in [0.4, 0.5) is 14.9 Å². The summed E-state index contributed by atoms with van der Waals surface area (Å²) >= 11 is 0. The highest BCUT2D eigenvalue weighted by atomic mass is 19.1. The van der Waals surface area contributed by atoms with E-state index in [0.29, 0.717) is 24.4 Å². The average Bonchev–Trinajstić information content (AvgIpc) is 2.85. The van der Waals surface area contributed by atoms with Crippen LogP contribution in [0.1, 0.15) is 11.1 Å². The lowest BCUT2D eigenvalue weighted by molar-refractivity contribution is -0.115. The van der Waals surface area contributed by atoms with Gasteiger partial charge in [-0.15, -0.1) is 0 Å². The zero-order chi connectivity index (χ0) is 12.7. The number of hydrogen-bond acceptors (Lipinski definition) is 3. The summed E-state index contributed by atoms with van der Waals surface area (Å²) in [5.74, 6) is -0.558. The number of carbonyl (C=O) groups excluding carboxylic acids is 2. The highest BCUT2D eigenvalue weighted by molar-refractivity contribution is 5.99. The van der Waals surface area contributed by atoms with Gasteiger partial charge in [-0.3, -0.25) is 4.79 Å². The molecule has 0 radical (unpaired) electrons. The van der Waals surface area contributed by atoms with Gasteiger partial charge in [-0.05, 0) is 17.7 Å². The number of cyclic esters (lactones) is 1. The first-order valence-electron chi connectivity index (χ1n) is 5.66. The Balaban J connectivity index is 1.87. The standard InChI is InChI=1S/C12H11FN2O3/c13-9-5-10-7(4-11(16)14-10)3-8(9)6-15-1-2-18-12(15)17/h3,5H,1-2,4,6H2,(H,14,16). The summed E-state index contributed by atoms with van der Waals surface area (Å²) in [5.41, 5.74) is 1.69. The van der Waals surface area contributed by atoms with E-state index >= 15 is 0 Å². The van der Waals surface area contributed by atoms with Gasteiger partial charge >= 0.3 is 6.09 Å². The minimum Gasteiger partial charge on any atom is -0.448 e. The maximum atomic E-state index is 13.8. The Labute approximate surface area is 103 Å². The Morgan fingerprint density at radius 2 is 2.22 bits per heavy atom. The number of hydrogen-bond donors (Lipinski definition) is 1. The summed E-state index contributed by atoms with van der Waals surface area (Å²) in [5, 5.41) is 2.58. The normalized spacial score (nSPS) is 17.7. The molecule has 5 nitrogen and oxygen atoms in total. The summed E-state index contributed by atoms with van der Waals surface area (Å²) < 4.78 is 18.6. The van der Waals surface area contributed by atoms with Crippen molar-refractivity contribution in [2.75, 3.05) is 18.5 Å². The molecule has 1 aromatic carbocycles. The van der Waals surface area contributed by atoms with Crippen LogP contribution in [0.25, 0.3) is 0 Å². The zero-order valence-electron chi connectivity index (χ0n) is 9.53. The number of fused-ring (bicyclic) bond motifs is 1. The van der Waals surface area contributed by atoms with E-state index in [-0.39, 0.29) is 18.9 Å². The van der Waals surface area contributed by atoms with Crippen LogP contribution in [0.2, 0.25) is 0 Å². The number of rotatable bonds is 2. The second-order valence-electron chi connectivity index (χ2n) is 4.36. The summed E-state index contributed by atoms with van der Waals surface area (Å²) in [6.45, 7) is 0.976. The van der Waals surface area contributed by atoms with Gasteiger partial charge in [0.2, 0.25) is 5.91 Å². The molecule has 2 aliphatic heterocycles. The van der Waals surface area contributed by atoms with Gasteiger partial charge in [-0.2, -0.15) is 0 Å². The van der Waals surface area contributed by atoms with Crippen molar-refractivity contribution in [3.05, 3.63) is 29.1 Å². The third kappa shape index (κ3) is 1.79. The van der Waals surface area contributed by atoms with Crippen LogP contribution in [0.5, 0.6) is 0 Å². The zero-order valence-corrected chi connectivity index (χ0v) is 9.53. The third-order valence-corrected chi connectivity index (χ3v) is 3.10. The molecule has 2 amide bonds. The van der Waals surface area contributed by atoms with Gasteiger partial charge < -0.3 is 15.0 Å². The molecule has 0 aliphatic carbocycles. The van der Waals surface area contributed by atoms with Crippen LogP contribution in [0.3, 0.4) is 0 Å². The predicted molar refractivity (Wildman–Crippen MR) is 60.5 cm³/mol. The molecule has 0 spiro atoms. The Morgan fingerprint density at radius 1 is 1.39 bits per heavy atom. The lowest BCUT2D eigenvalue weighted by Gasteiger charge is -2.14. The van der Waals surface area contributed by atoms with Crippen molar-refractivity contribution in [3.8, 4) is 0 Å². The van der Waals surface area contributed by atoms with Gasteiger partial charge in [-0.1, -0.05) is 0 Å². The van der Waals surface area contributed by atoms with Crippen LogP contribution in [0, 0.1) is 5.82 Å². The number of nitrogens with one attached hydrogen (secondary N) is 1. The highest BCUT2D eigenvalue weighted by Crippen LogP contribution is 2.27. The molecule has 0 bridgehead atoms. The van der Waals surface area contributed by atoms with Crippen LogP contribution in [0.15, 0.2) is 12.1 Å². The molecule has 0 atom stereocenters. The molecule has 0 unspecified atom stereocenters. The van der Waals surface area contributed by atoms with Gasteiger partial charge in [0.05, 0.1) is 19.5 Å². The molecule has 18 heavy (non-hydrogen) atoms. The smallest absolute Gasteiger partial charge is 0.410 e. The van der Waals surface area contributed by atoms with E-state index in [1.165, 1.54) is 11.0 Å². The molecule has 6 heteroatoms. The molecule has 94 valence electrons. The summed E-state index contributed by atoms with van der Waals surface area (Å²) in [4.78, 5) is 23.9. The quantitative estimate of drug-likeness (QED) is 0.860. The number of amides is 2. The monoisotopic (exact) mass is 250 g/mol. The third-order valence-electron chi connectivity index (χ3n) is 3.10. The van der Waals surface area contributed by atoms with Gasteiger partial charge in [0.25, 0.3) is 0 Å². The van der Waals surface area contributed by atoms with E-state index in [2.05, 4.69) is 5.32 Å². The van der Waals surface area contributed by atoms with E-state index in [1.54, 1.807) is 6.07 Å². The Kier molecular flexibility index (Phi) is 2.43. The molecule has 3 rings (SSSR count). The SMILES string of the molecule is O=C1Cc2cc(CN3CCOC3=O)c(F)cc2N1. The van der Waals surface area contributed by atoms with E-state index in [1.807, 2.05) is 0 Å². The molecule has 2 aliphatic rings. The van der Waals surface area contributed by atoms with Crippen LogP contribution in [-0.4, -0.2) is 30.1 Å². The molecule has 0 saturated carbocycles. The molecule has 1 fully saturated rings. The van der Waals surface area contributed by atoms with Gasteiger partial charge in [0.15, 0.2) is 0 Å². The molecule has 1 N–H and O–H groups in total. The summed E-state index contributed by atoms with van der Waals surface area (Å²) in [6, 6.07) is 2.94. The number of ether oxygens (including phenoxy) is 1. The maximum absolute atomic E-state index is 13.8. The summed E-state index contributed by atoms with van der Waals surface area (Å²) in [7, 11) is 0. The Hall–Kier alpha value is -2.11. The van der Waals surface area contributed by atoms with Gasteiger partial charge in [0, 0.05) is 11.3 Å². The average molecular weight is 250 g/mol. The largest absolute Gasteiger partial charge is 0.448 e. The molecular formula is C12H11FN2O3. The van der Waals surface area contributed by atoms with Crippen LogP contribution < -0.4 is 5.32 Å². The van der Waals surface area contributed by atoms with Crippen molar-refractivity contribution < 1.29 is 18.7 Å². The first-order valence-corrected chi connectivity index (χ1v) is 5.66. The lowest BCUT2D eigenvalue weighted by Crippen LogP contribution is -2.24. The van der Waals surface area contributed by atoms with Crippen molar-refractivity contribution in [3.63, 3.8) is 0 Å². The first kappa shape index (κ1) is 11.0. The van der Waals surface area contributed by atoms with E-state index < -0.39 is 11.9 Å². The number of halogens is 1. The first-order chi connectivity index (χ1) is 8.63. The maximum Gasteiger partial charge on any atom is 0.410 e. The second kappa shape index (κ2) is 3.97. The van der Waals surface area contributed by atoms with Crippen molar-refractivity contribution >= 4 is 17.7 Å². The Bertz CT molecular complexity index is 544. The fraction of sp³-hybridized carbons (Fsp3) is 0.333. The van der Waals surface area contributed by atoms with Crippen molar-refractivity contribution in [2.24, 2.45) is 0 Å². The Morgan fingerprint density at radius 3 is 2.94 bits per heavy atom. The molecule has 1 aromatic rings. The fourth-order valence-electron chi connectivity index (χ4n) is 2.20. The highest BCUT2D eigenvalue weighted by Gasteiger charge is 2.25. The number of carbonyl (C=O) groups is 2. The van der Waals surface area contributed by atoms with E-state index in [9.17, 15) is 14.0 Å². The lowest BCUT2D eigenvalue weighted by atomic mass is 10.1. The topological polar surface area (TPSA) is 58.6 Å². The number of anilines is 1. The van der Waals surface area contributed by atoms with Gasteiger partial charge in [-0.25, -0.2) is 9.18 Å². The van der Waals surface area contributed by atoms with E-state index in [0.717, 1.165) is 5.56 Å². The minimum atomic E-state index is -0.427. The number of nitrogens with zero attached hydrogens (tertiary/aromatic N) is 1. The minimum absolute atomic E-state index is 0.137. The van der Waals surface area contributed by atoms with E-state index in [4.69, 9.17) is 4.74 Å². The molecule has 2 heterocycles. The molecule has 0 aromatic heterocycles. The van der Waals surface area contributed by atoms with Crippen molar-refractivity contribution in [1.82, 2.24) is 4.90 Å². The number of benzene rings is 1. The van der Waals surface area contributed by atoms with Crippen molar-refractivity contribution in [2.45, 2.75) is 13.0 Å². The predicted octanol–water partition coefficient (Wildman–Crippen LogP) is 1.27. The summed E-state index contributed by atoms with van der Waals surface area (Å²) in [6.07, 6.45) is -0.170. The molecule has 1 saturated heterocycles. The van der Waals surface area contributed by atoms with Crippen molar-refractivity contribution in [1.29, 1.82) is 0 Å². The van der Waals surface area contributed by atoms with Gasteiger partial charge in [0.1, 0.15) is 12.4 Å².